The van der Waals surface area contributed by atoms with Gasteiger partial charge in [0.15, 0.2) is 0 Å². The zero-order chi connectivity index (χ0) is 16.4. The van der Waals surface area contributed by atoms with Crippen molar-refractivity contribution in [2.75, 3.05) is 14.2 Å². The van der Waals surface area contributed by atoms with E-state index in [2.05, 4.69) is 19.9 Å². The van der Waals surface area contributed by atoms with E-state index in [0.29, 0.717) is 11.0 Å². The Morgan fingerprint density at radius 1 is 0.957 bits per heavy atom. The summed E-state index contributed by atoms with van der Waals surface area (Å²) < 4.78 is 11.8. The van der Waals surface area contributed by atoms with Crippen LogP contribution in [0.5, 0.6) is 12.0 Å². The normalized spacial score (nSPS) is 10.6. The average molecular weight is 332 g/mol. The van der Waals surface area contributed by atoms with Gasteiger partial charge >= 0.3 is 12.0 Å². The van der Waals surface area contributed by atoms with Gasteiger partial charge in [0.2, 0.25) is 5.95 Å². The number of aryl methyl sites for hydroxylation is 1. The van der Waals surface area contributed by atoms with Crippen molar-refractivity contribution in [3.63, 3.8) is 0 Å². The van der Waals surface area contributed by atoms with Gasteiger partial charge in [0, 0.05) is 5.56 Å². The van der Waals surface area contributed by atoms with E-state index in [0.717, 1.165) is 11.1 Å². The van der Waals surface area contributed by atoms with E-state index in [1.165, 1.54) is 14.2 Å². The molecule has 0 spiro atoms. The van der Waals surface area contributed by atoms with Gasteiger partial charge in [-0.25, -0.2) is 9.55 Å². The second-order valence-electron chi connectivity index (χ2n) is 4.71. The Hall–Kier alpha value is -2.67. The van der Waals surface area contributed by atoms with Crippen molar-refractivity contribution in [2.45, 2.75) is 6.92 Å². The molecule has 0 saturated heterocycles. The Kier molecular flexibility index (Phi) is 4.12. The monoisotopic (exact) mass is 331 g/mol. The molecule has 0 radical (unpaired) electrons. The smallest absolute Gasteiger partial charge is 0.324 e. The zero-order valence-corrected chi connectivity index (χ0v) is 13.6. The number of benzene rings is 1. The summed E-state index contributed by atoms with van der Waals surface area (Å²) in [5.41, 5.74) is 2.04. The summed E-state index contributed by atoms with van der Waals surface area (Å²) in [6.45, 7) is 2.02. The van der Waals surface area contributed by atoms with E-state index in [1.807, 2.05) is 31.2 Å². The lowest BCUT2D eigenvalue weighted by molar-refractivity contribution is 0.339. The number of aromatic nitrogens is 5. The molecule has 1 aromatic carbocycles. The molecule has 0 atom stereocenters. The molecule has 0 aliphatic carbocycles. The standard InChI is InChI=1S/C15H14ClN5O2/c1-9-4-6-10(7-5-9)12-17-8-11(16)21(12)13-18-14(22-2)20-15(19-13)23-3/h4-8H,1-3H3. The Labute approximate surface area is 137 Å². The largest absolute Gasteiger partial charge is 0.467 e. The lowest BCUT2D eigenvalue weighted by atomic mass is 10.1. The first-order chi connectivity index (χ1) is 11.1. The van der Waals surface area contributed by atoms with Crippen LogP contribution >= 0.6 is 11.6 Å². The maximum atomic E-state index is 6.27. The molecule has 2 aromatic heterocycles. The number of nitrogens with zero attached hydrogens (tertiary/aromatic N) is 5. The van der Waals surface area contributed by atoms with Crippen molar-refractivity contribution < 1.29 is 9.47 Å². The van der Waals surface area contributed by atoms with Gasteiger partial charge in [0.05, 0.1) is 20.4 Å². The van der Waals surface area contributed by atoms with Gasteiger partial charge in [-0.15, -0.1) is 4.98 Å². The lowest BCUT2D eigenvalue weighted by Crippen LogP contribution is -2.08. The molecule has 2 heterocycles. The maximum absolute atomic E-state index is 6.27. The third-order valence-corrected chi connectivity index (χ3v) is 3.44. The average Bonchev–Trinajstić information content (AvgIpc) is 2.96. The van der Waals surface area contributed by atoms with E-state index in [-0.39, 0.29) is 18.0 Å². The van der Waals surface area contributed by atoms with Crippen LogP contribution in [-0.2, 0) is 0 Å². The van der Waals surface area contributed by atoms with E-state index >= 15 is 0 Å². The fourth-order valence-electron chi connectivity index (χ4n) is 2.04. The number of methoxy groups -OCH3 is 2. The topological polar surface area (TPSA) is 75.0 Å². The number of ether oxygens (including phenoxy) is 2. The van der Waals surface area contributed by atoms with Crippen LogP contribution in [0.1, 0.15) is 5.56 Å². The maximum Gasteiger partial charge on any atom is 0.324 e. The van der Waals surface area contributed by atoms with Gasteiger partial charge in [0.1, 0.15) is 11.0 Å². The highest BCUT2D eigenvalue weighted by molar-refractivity contribution is 6.30. The third kappa shape index (κ3) is 2.95. The van der Waals surface area contributed by atoms with Crippen LogP contribution in [0.4, 0.5) is 0 Å². The van der Waals surface area contributed by atoms with Crippen molar-refractivity contribution in [1.29, 1.82) is 0 Å². The molecular formula is C15H14ClN5O2. The van der Waals surface area contributed by atoms with E-state index in [9.17, 15) is 0 Å². The van der Waals surface area contributed by atoms with Crippen LogP contribution in [0.3, 0.4) is 0 Å². The molecule has 0 N–H and O–H groups in total. The van der Waals surface area contributed by atoms with Gasteiger partial charge in [0.25, 0.3) is 0 Å². The first kappa shape index (κ1) is 15.2. The summed E-state index contributed by atoms with van der Waals surface area (Å²) in [6, 6.07) is 8.17. The molecule has 3 aromatic rings. The van der Waals surface area contributed by atoms with Crippen LogP contribution < -0.4 is 9.47 Å². The van der Waals surface area contributed by atoms with Gasteiger partial charge in [-0.1, -0.05) is 41.4 Å². The SMILES string of the molecule is COc1nc(OC)nc(-n2c(Cl)cnc2-c2ccc(C)cc2)n1. The minimum atomic E-state index is 0.131. The number of hydrogen-bond donors (Lipinski definition) is 0. The van der Waals surface area contributed by atoms with Crippen molar-refractivity contribution >= 4 is 11.6 Å². The molecule has 23 heavy (non-hydrogen) atoms. The summed E-state index contributed by atoms with van der Waals surface area (Å²) in [4.78, 5) is 16.8. The molecular weight excluding hydrogens is 318 g/mol. The predicted octanol–water partition coefficient (Wildman–Crippen LogP) is 2.70. The van der Waals surface area contributed by atoms with E-state index < -0.39 is 0 Å². The molecule has 7 nitrogen and oxygen atoms in total. The minimum absolute atomic E-state index is 0.131. The van der Waals surface area contributed by atoms with Gasteiger partial charge in [-0.2, -0.15) is 9.97 Å². The van der Waals surface area contributed by atoms with Gasteiger partial charge < -0.3 is 9.47 Å². The van der Waals surface area contributed by atoms with E-state index in [4.69, 9.17) is 21.1 Å². The van der Waals surface area contributed by atoms with Gasteiger partial charge in [-0.05, 0) is 6.92 Å². The van der Waals surface area contributed by atoms with Crippen LogP contribution in [0.15, 0.2) is 30.5 Å². The molecule has 0 bridgehead atoms. The highest BCUT2D eigenvalue weighted by Crippen LogP contribution is 2.26. The molecule has 0 saturated carbocycles. The third-order valence-electron chi connectivity index (χ3n) is 3.18. The Morgan fingerprint density at radius 2 is 1.57 bits per heavy atom. The second-order valence-corrected chi connectivity index (χ2v) is 5.10. The Morgan fingerprint density at radius 3 is 2.13 bits per heavy atom. The Bertz CT molecular complexity index is 810. The molecule has 118 valence electrons. The number of imidazole rings is 1. The molecule has 0 aliphatic rings. The van der Waals surface area contributed by atoms with Crippen LogP contribution in [-0.4, -0.2) is 38.7 Å². The lowest BCUT2D eigenvalue weighted by Gasteiger charge is -2.09. The molecule has 0 fully saturated rings. The summed E-state index contributed by atoms with van der Waals surface area (Å²) in [5, 5.41) is 0.371. The highest BCUT2D eigenvalue weighted by atomic mass is 35.5. The van der Waals surface area contributed by atoms with E-state index in [1.54, 1.807) is 10.8 Å². The van der Waals surface area contributed by atoms with Crippen molar-refractivity contribution in [1.82, 2.24) is 24.5 Å². The van der Waals surface area contributed by atoms with Crippen LogP contribution in [0.2, 0.25) is 5.15 Å². The van der Waals surface area contributed by atoms with Crippen molar-refractivity contribution in [2.24, 2.45) is 0 Å². The quantitative estimate of drug-likeness (QED) is 0.731. The number of rotatable bonds is 4. The summed E-state index contributed by atoms with van der Waals surface area (Å²) in [5.74, 6) is 0.886. The van der Waals surface area contributed by atoms with Crippen LogP contribution in [0.25, 0.3) is 17.3 Å². The fraction of sp³-hybridized carbons (Fsp3) is 0.200. The molecule has 0 amide bonds. The summed E-state index contributed by atoms with van der Waals surface area (Å²) >= 11 is 6.27. The number of halogens is 1. The minimum Gasteiger partial charge on any atom is -0.467 e. The predicted molar refractivity (Wildman–Crippen MR) is 85.2 cm³/mol. The Balaban J connectivity index is 2.17. The molecule has 8 heteroatoms. The molecule has 0 aliphatic heterocycles. The summed E-state index contributed by atoms with van der Waals surface area (Å²) in [6.07, 6.45) is 1.54. The second kappa shape index (κ2) is 6.21. The number of hydrogen-bond acceptors (Lipinski definition) is 6. The van der Waals surface area contributed by atoms with Gasteiger partial charge in [-0.3, -0.25) is 0 Å². The zero-order valence-electron chi connectivity index (χ0n) is 12.8. The highest BCUT2D eigenvalue weighted by Gasteiger charge is 2.17. The summed E-state index contributed by atoms with van der Waals surface area (Å²) in [7, 11) is 2.93. The van der Waals surface area contributed by atoms with Crippen LogP contribution in [0, 0.1) is 6.92 Å². The molecule has 3 rings (SSSR count). The molecule has 0 unspecified atom stereocenters. The first-order valence-electron chi connectivity index (χ1n) is 6.77. The van der Waals surface area contributed by atoms with Crippen molar-refractivity contribution in [3.8, 4) is 29.4 Å². The first-order valence-corrected chi connectivity index (χ1v) is 7.15. The fourth-order valence-corrected chi connectivity index (χ4v) is 2.24. The van der Waals surface area contributed by atoms with Crippen molar-refractivity contribution in [3.05, 3.63) is 41.2 Å².